The van der Waals surface area contributed by atoms with Crippen LogP contribution in [0.15, 0.2) is 85.1 Å². The molecule has 0 radical (unpaired) electrons. The van der Waals surface area contributed by atoms with Gasteiger partial charge in [0, 0.05) is 19.3 Å². The highest BCUT2D eigenvalue weighted by Gasteiger charge is 2.19. The molecule has 1 atom stereocenters. The molecule has 0 rings (SSSR count). The van der Waals surface area contributed by atoms with E-state index in [2.05, 4.69) is 106 Å². The van der Waals surface area contributed by atoms with E-state index >= 15 is 0 Å². The van der Waals surface area contributed by atoms with Gasteiger partial charge in [0.05, 0.1) is 0 Å². The molecule has 0 N–H and O–H groups in total. The van der Waals surface area contributed by atoms with Crippen molar-refractivity contribution in [1.82, 2.24) is 0 Å². The molecule has 0 aliphatic heterocycles. The van der Waals surface area contributed by atoms with E-state index in [-0.39, 0.29) is 31.1 Å². The van der Waals surface area contributed by atoms with Crippen LogP contribution in [0.5, 0.6) is 0 Å². The first kappa shape index (κ1) is 76.6. The third-order valence-corrected chi connectivity index (χ3v) is 15.1. The molecular weight excluding hydrogens is 985 g/mol. The molecule has 0 aliphatic carbocycles. The van der Waals surface area contributed by atoms with Crippen molar-refractivity contribution in [2.45, 2.75) is 354 Å². The normalized spacial score (nSPS) is 12.6. The zero-order valence-corrected chi connectivity index (χ0v) is 53.1. The number of hydrogen-bond acceptors (Lipinski definition) is 6. The van der Waals surface area contributed by atoms with Gasteiger partial charge in [-0.3, -0.25) is 14.4 Å². The quantitative estimate of drug-likeness (QED) is 0.0261. The van der Waals surface area contributed by atoms with Gasteiger partial charge >= 0.3 is 17.9 Å². The van der Waals surface area contributed by atoms with Crippen molar-refractivity contribution in [3.05, 3.63) is 85.1 Å². The Labute approximate surface area is 496 Å². The van der Waals surface area contributed by atoms with Crippen molar-refractivity contribution in [3.63, 3.8) is 0 Å². The first-order valence-corrected chi connectivity index (χ1v) is 34.6. The van der Waals surface area contributed by atoms with Crippen molar-refractivity contribution >= 4 is 17.9 Å². The summed E-state index contributed by atoms with van der Waals surface area (Å²) in [6, 6.07) is 0. The molecule has 6 heteroatoms. The molecule has 0 aliphatic rings. The number of unbranched alkanes of at least 4 members (excludes halogenated alkanes) is 38. The number of rotatable bonds is 63. The molecule has 0 aromatic carbocycles. The van der Waals surface area contributed by atoms with Crippen LogP contribution in [0.3, 0.4) is 0 Å². The Morgan fingerprint density at radius 3 is 0.762 bits per heavy atom. The van der Waals surface area contributed by atoms with Crippen molar-refractivity contribution < 1.29 is 28.6 Å². The second-order valence-electron chi connectivity index (χ2n) is 23.1. The molecular formula is C74H130O6. The molecule has 462 valence electrons. The fraction of sp³-hybridized carbons (Fsp3) is 0.770. The van der Waals surface area contributed by atoms with E-state index in [9.17, 15) is 14.4 Å². The fourth-order valence-corrected chi connectivity index (χ4v) is 9.97. The van der Waals surface area contributed by atoms with Gasteiger partial charge in [-0.25, -0.2) is 0 Å². The minimum atomic E-state index is -0.786. The molecule has 0 fully saturated rings. The summed E-state index contributed by atoms with van der Waals surface area (Å²) in [6.07, 6.45) is 90.4. The lowest BCUT2D eigenvalue weighted by Gasteiger charge is -2.18. The Hall–Kier alpha value is -3.41. The topological polar surface area (TPSA) is 78.9 Å². The highest BCUT2D eigenvalue weighted by Crippen LogP contribution is 2.17. The summed E-state index contributed by atoms with van der Waals surface area (Å²) in [5, 5.41) is 0. The molecule has 0 bridgehead atoms. The fourth-order valence-electron chi connectivity index (χ4n) is 9.97. The third-order valence-electron chi connectivity index (χ3n) is 15.1. The van der Waals surface area contributed by atoms with Crippen LogP contribution in [0.2, 0.25) is 0 Å². The van der Waals surface area contributed by atoms with Gasteiger partial charge in [0.2, 0.25) is 0 Å². The highest BCUT2D eigenvalue weighted by molar-refractivity contribution is 5.71. The van der Waals surface area contributed by atoms with Gasteiger partial charge in [-0.1, -0.05) is 318 Å². The molecule has 1 unspecified atom stereocenters. The maximum atomic E-state index is 12.9. The van der Waals surface area contributed by atoms with Crippen molar-refractivity contribution in [1.29, 1.82) is 0 Å². The van der Waals surface area contributed by atoms with E-state index in [0.29, 0.717) is 19.3 Å². The monoisotopic (exact) mass is 1110 g/mol. The maximum absolute atomic E-state index is 12.9. The molecule has 6 nitrogen and oxygen atoms in total. The van der Waals surface area contributed by atoms with Crippen LogP contribution < -0.4 is 0 Å². The molecule has 80 heavy (non-hydrogen) atoms. The van der Waals surface area contributed by atoms with Crippen LogP contribution in [-0.4, -0.2) is 37.2 Å². The average molecular weight is 1120 g/mol. The number of allylic oxidation sites excluding steroid dienone is 14. The van der Waals surface area contributed by atoms with E-state index in [0.717, 1.165) is 116 Å². The van der Waals surface area contributed by atoms with E-state index in [1.807, 2.05) is 0 Å². The predicted octanol–water partition coefficient (Wildman–Crippen LogP) is 23.8. The summed E-state index contributed by atoms with van der Waals surface area (Å²) in [7, 11) is 0. The Balaban J connectivity index is 4.24. The Morgan fingerprint density at radius 1 is 0.263 bits per heavy atom. The first-order chi connectivity index (χ1) is 39.5. The van der Waals surface area contributed by atoms with Gasteiger partial charge < -0.3 is 14.2 Å². The van der Waals surface area contributed by atoms with Crippen LogP contribution in [0.4, 0.5) is 0 Å². The zero-order chi connectivity index (χ0) is 57.8. The molecule has 0 aromatic heterocycles. The minimum Gasteiger partial charge on any atom is -0.462 e. The van der Waals surface area contributed by atoms with Gasteiger partial charge in [-0.05, 0) is 96.3 Å². The first-order valence-electron chi connectivity index (χ1n) is 34.6. The van der Waals surface area contributed by atoms with Crippen LogP contribution in [0, 0.1) is 0 Å². The third kappa shape index (κ3) is 65.4. The van der Waals surface area contributed by atoms with E-state index in [1.165, 1.54) is 193 Å². The van der Waals surface area contributed by atoms with Crippen molar-refractivity contribution in [2.24, 2.45) is 0 Å². The largest absolute Gasteiger partial charge is 0.462 e. The van der Waals surface area contributed by atoms with E-state index < -0.39 is 6.10 Å². The van der Waals surface area contributed by atoms with Gasteiger partial charge in [-0.15, -0.1) is 0 Å². The summed E-state index contributed by atoms with van der Waals surface area (Å²) < 4.78 is 16.9. The number of ether oxygens (including phenoxy) is 3. The number of hydrogen-bond donors (Lipinski definition) is 0. The highest BCUT2D eigenvalue weighted by atomic mass is 16.6. The summed E-state index contributed by atoms with van der Waals surface area (Å²) in [4.78, 5) is 38.4. The summed E-state index contributed by atoms with van der Waals surface area (Å²) >= 11 is 0. The van der Waals surface area contributed by atoms with Gasteiger partial charge in [-0.2, -0.15) is 0 Å². The summed E-state index contributed by atoms with van der Waals surface area (Å²) in [6.45, 7) is 6.54. The minimum absolute atomic E-state index is 0.0806. The van der Waals surface area contributed by atoms with Crippen LogP contribution >= 0.6 is 0 Å². The smallest absolute Gasteiger partial charge is 0.306 e. The standard InChI is InChI=1S/C74H130O6/c1-4-7-10-13-16-19-22-25-27-29-31-33-34-35-36-37-38-39-40-42-43-45-47-49-52-55-58-61-64-67-73(76)79-70-71(69-78-72(75)66-63-60-57-54-51-24-21-18-15-12-9-6-3)80-74(77)68-65-62-59-56-53-50-48-46-44-41-32-30-28-26-23-20-17-14-11-8-5-2/h8,11,17,20,22,25-26,28-29,31-32,41,46,48,71H,4-7,9-10,12-16,18-19,21,23-24,27,30,33-40,42-45,47,49-70H2,1-3H3/b11-8-,20-17-,25-22-,28-26-,31-29-,41-32-,48-46-. The Kier molecular flexibility index (Phi) is 65.2. The predicted molar refractivity (Wildman–Crippen MR) is 348 cm³/mol. The molecule has 0 aromatic rings. The lowest BCUT2D eigenvalue weighted by Crippen LogP contribution is -2.30. The van der Waals surface area contributed by atoms with Crippen LogP contribution in [0.1, 0.15) is 348 Å². The molecule has 0 saturated carbocycles. The Bertz CT molecular complexity index is 1520. The van der Waals surface area contributed by atoms with Crippen molar-refractivity contribution in [2.75, 3.05) is 13.2 Å². The summed E-state index contributed by atoms with van der Waals surface area (Å²) in [5.74, 6) is -0.883. The van der Waals surface area contributed by atoms with Crippen LogP contribution in [0.25, 0.3) is 0 Å². The number of carbonyl (C=O) groups excluding carboxylic acids is 3. The zero-order valence-electron chi connectivity index (χ0n) is 53.1. The molecule has 0 spiro atoms. The van der Waals surface area contributed by atoms with Gasteiger partial charge in [0.1, 0.15) is 13.2 Å². The van der Waals surface area contributed by atoms with Gasteiger partial charge in [0.25, 0.3) is 0 Å². The van der Waals surface area contributed by atoms with E-state index in [1.54, 1.807) is 0 Å². The molecule has 0 saturated heterocycles. The van der Waals surface area contributed by atoms with Gasteiger partial charge in [0.15, 0.2) is 6.10 Å². The van der Waals surface area contributed by atoms with Crippen molar-refractivity contribution in [3.8, 4) is 0 Å². The van der Waals surface area contributed by atoms with E-state index in [4.69, 9.17) is 14.2 Å². The molecule has 0 heterocycles. The SMILES string of the molecule is CC/C=C\C/C=C\C/C=C\C/C=C\C/C=C\CCCCCCCC(=O)OC(COC(=O)CCCCCCCCCCCCCC)COC(=O)CCCCCCCCCCCCCCCCCCC/C=C\C/C=C\CCCCCCC. The van der Waals surface area contributed by atoms with Crippen LogP contribution in [-0.2, 0) is 28.6 Å². The average Bonchev–Trinajstić information content (AvgIpc) is 3.46. The maximum Gasteiger partial charge on any atom is 0.306 e. The number of esters is 3. The lowest BCUT2D eigenvalue weighted by atomic mass is 10.0. The molecule has 0 amide bonds. The lowest BCUT2D eigenvalue weighted by molar-refractivity contribution is -0.167. The number of carbonyl (C=O) groups is 3. The summed E-state index contributed by atoms with van der Waals surface area (Å²) in [5.41, 5.74) is 0. The second kappa shape index (κ2) is 68.1. The second-order valence-corrected chi connectivity index (χ2v) is 23.1. The Morgan fingerprint density at radius 2 is 0.487 bits per heavy atom.